The molecular formula is C17H22. The van der Waals surface area contributed by atoms with E-state index in [1.54, 1.807) is 0 Å². The summed E-state index contributed by atoms with van der Waals surface area (Å²) in [5.41, 5.74) is 5.18. The summed E-state index contributed by atoms with van der Waals surface area (Å²) in [6.45, 7) is 16.4. The molecule has 0 aromatic carbocycles. The van der Waals surface area contributed by atoms with Crippen molar-refractivity contribution in [2.45, 2.75) is 27.7 Å². The molecule has 0 unspecified atom stereocenters. The maximum Gasteiger partial charge on any atom is 0.0158 e. The second kappa shape index (κ2) is 5.18. The van der Waals surface area contributed by atoms with Crippen molar-refractivity contribution < 1.29 is 0 Å². The fourth-order valence-electron chi connectivity index (χ4n) is 2.52. The van der Waals surface area contributed by atoms with Crippen molar-refractivity contribution in [2.75, 3.05) is 0 Å². The van der Waals surface area contributed by atoms with Gasteiger partial charge in [0.05, 0.1) is 0 Å². The Bertz CT molecular complexity index is 448. The molecule has 0 fully saturated rings. The largest absolute Gasteiger partial charge is 0.0991 e. The number of hydrogen-bond acceptors (Lipinski definition) is 0. The molecule has 0 radical (unpaired) electrons. The molecule has 17 heavy (non-hydrogen) atoms. The van der Waals surface area contributed by atoms with Crippen LogP contribution < -0.4 is 0 Å². The first kappa shape index (κ1) is 13.5. The molecule has 0 atom stereocenters. The van der Waals surface area contributed by atoms with Crippen LogP contribution in [0.2, 0.25) is 0 Å². The predicted octanol–water partition coefficient (Wildman–Crippen LogP) is 5.14. The summed E-state index contributed by atoms with van der Waals surface area (Å²) in [7, 11) is 0. The molecule has 0 nitrogen and oxygen atoms in total. The van der Waals surface area contributed by atoms with Gasteiger partial charge in [-0.1, -0.05) is 63.5 Å². The Balaban J connectivity index is 3.57. The van der Waals surface area contributed by atoms with Gasteiger partial charge in [-0.2, -0.15) is 0 Å². The third-order valence-corrected chi connectivity index (χ3v) is 3.33. The van der Waals surface area contributed by atoms with Crippen LogP contribution in [0.25, 0.3) is 0 Å². The van der Waals surface area contributed by atoms with Crippen molar-refractivity contribution >= 4 is 0 Å². The van der Waals surface area contributed by atoms with Gasteiger partial charge in [-0.05, 0) is 36.1 Å². The first-order valence-corrected chi connectivity index (χ1v) is 6.04. The second-order valence-corrected chi connectivity index (χ2v) is 4.67. The lowest BCUT2D eigenvalue weighted by Gasteiger charge is -2.23. The highest BCUT2D eigenvalue weighted by Crippen LogP contribution is 2.50. The van der Waals surface area contributed by atoms with Crippen molar-refractivity contribution in [3.05, 3.63) is 71.9 Å². The van der Waals surface area contributed by atoms with Crippen molar-refractivity contribution in [3.63, 3.8) is 0 Å². The van der Waals surface area contributed by atoms with Gasteiger partial charge in [0.15, 0.2) is 0 Å². The van der Waals surface area contributed by atoms with Gasteiger partial charge in [0.2, 0.25) is 0 Å². The molecule has 0 bridgehead atoms. The molecular weight excluding hydrogens is 204 g/mol. The average molecular weight is 226 g/mol. The molecule has 0 N–H and O–H groups in total. The van der Waals surface area contributed by atoms with E-state index < -0.39 is 0 Å². The molecule has 1 rings (SSSR count). The van der Waals surface area contributed by atoms with E-state index in [1.165, 1.54) is 22.3 Å². The van der Waals surface area contributed by atoms with Crippen LogP contribution in [-0.2, 0) is 0 Å². The molecule has 0 aliphatic heterocycles. The normalized spacial score (nSPS) is 24.0. The van der Waals surface area contributed by atoms with Crippen LogP contribution in [0.1, 0.15) is 27.7 Å². The monoisotopic (exact) mass is 226 g/mol. The van der Waals surface area contributed by atoms with Crippen LogP contribution in [0.5, 0.6) is 0 Å². The fourth-order valence-corrected chi connectivity index (χ4v) is 2.52. The summed E-state index contributed by atoms with van der Waals surface area (Å²) in [5.74, 6) is 0. The molecule has 0 spiro atoms. The zero-order chi connectivity index (χ0) is 13.1. The third kappa shape index (κ3) is 2.12. The number of rotatable bonds is 3. The lowest BCUT2D eigenvalue weighted by atomic mass is 9.80. The van der Waals surface area contributed by atoms with E-state index in [9.17, 15) is 0 Å². The molecule has 1 aliphatic rings. The molecule has 1 aliphatic carbocycles. The summed E-state index contributed by atoms with van der Waals surface area (Å²) in [4.78, 5) is 0. The average Bonchev–Trinajstić information content (AvgIpc) is 2.50. The van der Waals surface area contributed by atoms with Crippen LogP contribution in [0, 0.1) is 5.41 Å². The van der Waals surface area contributed by atoms with Crippen LogP contribution in [0.3, 0.4) is 0 Å². The molecule has 0 aromatic rings. The lowest BCUT2D eigenvalue weighted by Crippen LogP contribution is -2.12. The summed E-state index contributed by atoms with van der Waals surface area (Å²) in [5, 5.41) is 0. The van der Waals surface area contributed by atoms with E-state index in [0.29, 0.717) is 0 Å². The second-order valence-electron chi connectivity index (χ2n) is 4.67. The van der Waals surface area contributed by atoms with E-state index in [0.717, 1.165) is 0 Å². The van der Waals surface area contributed by atoms with E-state index in [1.807, 2.05) is 19.1 Å². The molecule has 0 amide bonds. The van der Waals surface area contributed by atoms with Gasteiger partial charge in [-0.25, -0.2) is 0 Å². The van der Waals surface area contributed by atoms with Crippen LogP contribution in [-0.4, -0.2) is 0 Å². The van der Waals surface area contributed by atoms with Crippen LogP contribution in [0.15, 0.2) is 71.9 Å². The summed E-state index contributed by atoms with van der Waals surface area (Å²) < 4.78 is 0. The van der Waals surface area contributed by atoms with Crippen LogP contribution in [0.4, 0.5) is 0 Å². The molecule has 0 heterocycles. The molecule has 0 saturated carbocycles. The Hall–Kier alpha value is -1.56. The van der Waals surface area contributed by atoms with Gasteiger partial charge < -0.3 is 0 Å². The van der Waals surface area contributed by atoms with E-state index >= 15 is 0 Å². The minimum Gasteiger partial charge on any atom is -0.0991 e. The third-order valence-electron chi connectivity index (χ3n) is 3.33. The topological polar surface area (TPSA) is 0 Å². The maximum atomic E-state index is 3.95. The summed E-state index contributed by atoms with van der Waals surface area (Å²) >= 11 is 0. The van der Waals surface area contributed by atoms with Gasteiger partial charge in [-0.3, -0.25) is 0 Å². The molecule has 0 aromatic heterocycles. The number of allylic oxidation sites excluding steroid dienone is 10. The zero-order valence-electron chi connectivity index (χ0n) is 11.4. The highest BCUT2D eigenvalue weighted by Gasteiger charge is 2.37. The Morgan fingerprint density at radius 1 is 1.12 bits per heavy atom. The molecule has 90 valence electrons. The van der Waals surface area contributed by atoms with E-state index in [4.69, 9.17) is 0 Å². The Morgan fingerprint density at radius 2 is 1.76 bits per heavy atom. The van der Waals surface area contributed by atoms with Crippen molar-refractivity contribution in [2.24, 2.45) is 5.41 Å². The van der Waals surface area contributed by atoms with Crippen molar-refractivity contribution in [1.29, 1.82) is 0 Å². The van der Waals surface area contributed by atoms with Crippen molar-refractivity contribution in [1.82, 2.24) is 0 Å². The lowest BCUT2D eigenvalue weighted by molar-refractivity contribution is 0.578. The van der Waals surface area contributed by atoms with Gasteiger partial charge in [0, 0.05) is 5.41 Å². The summed E-state index contributed by atoms with van der Waals surface area (Å²) in [6.07, 6.45) is 12.4. The van der Waals surface area contributed by atoms with Crippen LogP contribution >= 0.6 is 0 Å². The Morgan fingerprint density at radius 3 is 2.18 bits per heavy atom. The van der Waals surface area contributed by atoms with E-state index in [-0.39, 0.29) is 5.41 Å². The highest BCUT2D eigenvalue weighted by atomic mass is 14.4. The molecule has 0 heteroatoms. The van der Waals surface area contributed by atoms with Gasteiger partial charge >= 0.3 is 0 Å². The smallest absolute Gasteiger partial charge is 0.0158 e. The van der Waals surface area contributed by atoms with Crippen molar-refractivity contribution in [3.8, 4) is 0 Å². The highest BCUT2D eigenvalue weighted by molar-refractivity contribution is 5.67. The minimum atomic E-state index is 0.0199. The fraction of sp³-hybridized carbons (Fsp3) is 0.294. The van der Waals surface area contributed by atoms with Gasteiger partial charge in [0.1, 0.15) is 0 Å². The minimum absolute atomic E-state index is 0.0199. The molecule has 0 saturated heterocycles. The van der Waals surface area contributed by atoms with Gasteiger partial charge in [0.25, 0.3) is 0 Å². The standard InChI is InChI=1S/C17H22/c1-7-11-15-13(9-3)14(10-4)16(12-8-2)17(15,5)6/h7-12H,1,4H2,2-3,5-6H3/b12-8-,13-9-,15-11?. The first-order valence-electron chi connectivity index (χ1n) is 6.04. The SMILES string of the molecule is C=CC=C1/C(=C\C)C(C=C)=C(/C=C\C)C1(C)C. The van der Waals surface area contributed by atoms with E-state index in [2.05, 4.69) is 58.2 Å². The number of hydrogen-bond donors (Lipinski definition) is 0. The maximum absolute atomic E-state index is 3.95. The summed E-state index contributed by atoms with van der Waals surface area (Å²) in [6, 6.07) is 0. The zero-order valence-corrected chi connectivity index (χ0v) is 11.4. The van der Waals surface area contributed by atoms with Gasteiger partial charge in [-0.15, -0.1) is 0 Å². The Kier molecular flexibility index (Phi) is 4.11. The predicted molar refractivity (Wildman–Crippen MR) is 77.9 cm³/mol. The quantitative estimate of drug-likeness (QED) is 0.624. The first-order chi connectivity index (χ1) is 8.04. The Labute approximate surface area is 105 Å².